The second-order valence-corrected chi connectivity index (χ2v) is 8.91. The Bertz CT molecular complexity index is 1110. The summed E-state index contributed by atoms with van der Waals surface area (Å²) in [6.45, 7) is 4.37. The number of aryl methyl sites for hydroxylation is 1. The number of carbonyl (C=O) groups excluding carboxylic acids is 1. The van der Waals surface area contributed by atoms with E-state index in [-0.39, 0.29) is 11.9 Å². The monoisotopic (exact) mass is 469 g/mol. The summed E-state index contributed by atoms with van der Waals surface area (Å²) >= 11 is 3.55. The Labute approximate surface area is 183 Å². The van der Waals surface area contributed by atoms with Gasteiger partial charge in [0.2, 0.25) is 5.95 Å². The quantitative estimate of drug-likeness (QED) is 0.590. The van der Waals surface area contributed by atoms with Crippen molar-refractivity contribution in [2.75, 3.05) is 18.5 Å². The molecule has 0 bridgehead atoms. The normalized spacial score (nSPS) is 20.8. The number of hydrogen-bond donors (Lipinski definition) is 1. The molecule has 1 unspecified atom stereocenters. The van der Waals surface area contributed by atoms with Crippen LogP contribution >= 0.6 is 15.9 Å². The minimum absolute atomic E-state index is 0.163. The van der Waals surface area contributed by atoms with Crippen LogP contribution in [0.25, 0.3) is 11.0 Å². The number of nitrogens with zero attached hydrogens (tertiary/aromatic N) is 4. The molecule has 1 saturated heterocycles. The van der Waals surface area contributed by atoms with E-state index < -0.39 is 5.92 Å². The molecule has 0 spiro atoms. The minimum Gasteiger partial charge on any atom is -0.376 e. The molecule has 1 fully saturated rings. The molecule has 1 aliphatic heterocycles. The first kappa shape index (κ1) is 19.6. The van der Waals surface area contributed by atoms with Gasteiger partial charge in [0.05, 0.1) is 23.1 Å². The Balaban J connectivity index is 1.58. The highest BCUT2D eigenvalue weighted by atomic mass is 79.9. The molecule has 3 aromatic rings. The number of ether oxygens (including phenoxy) is 1. The summed E-state index contributed by atoms with van der Waals surface area (Å²) < 4.78 is 8.57. The first-order valence-electron chi connectivity index (χ1n) is 10.5. The van der Waals surface area contributed by atoms with Gasteiger partial charge in [-0.25, -0.2) is 4.98 Å². The number of halogens is 1. The van der Waals surface area contributed by atoms with Crippen molar-refractivity contribution in [2.24, 2.45) is 0 Å². The van der Waals surface area contributed by atoms with Crippen LogP contribution in [0, 0.1) is 0 Å². The molecule has 156 valence electrons. The van der Waals surface area contributed by atoms with Crippen LogP contribution in [0.5, 0.6) is 0 Å². The maximum absolute atomic E-state index is 13.1. The molecule has 1 N–H and O–H groups in total. The fourth-order valence-corrected chi connectivity index (χ4v) is 4.76. The van der Waals surface area contributed by atoms with Crippen LogP contribution in [0.1, 0.15) is 48.9 Å². The van der Waals surface area contributed by atoms with Gasteiger partial charge in [-0.3, -0.25) is 9.48 Å². The first-order valence-corrected chi connectivity index (χ1v) is 11.3. The SMILES string of the molecule is CCCn1cc2c(C3C(=O)Cc4ccc(Br)cc43)nc(NC[C@@H]3CCCO3)nc2n1. The molecule has 7 nitrogen and oxygen atoms in total. The molecule has 0 radical (unpaired) electrons. The van der Waals surface area contributed by atoms with Crippen LogP contribution in [-0.2, 0) is 22.5 Å². The largest absolute Gasteiger partial charge is 0.376 e. The lowest BCUT2D eigenvalue weighted by Crippen LogP contribution is -2.20. The number of hydrogen-bond acceptors (Lipinski definition) is 6. The molecule has 3 heterocycles. The zero-order valence-corrected chi connectivity index (χ0v) is 18.5. The highest BCUT2D eigenvalue weighted by Crippen LogP contribution is 2.39. The van der Waals surface area contributed by atoms with Gasteiger partial charge in [-0.1, -0.05) is 28.9 Å². The number of rotatable bonds is 6. The van der Waals surface area contributed by atoms with Gasteiger partial charge in [-0.05, 0) is 42.5 Å². The molecule has 30 heavy (non-hydrogen) atoms. The smallest absolute Gasteiger partial charge is 0.225 e. The zero-order valence-electron chi connectivity index (χ0n) is 16.9. The van der Waals surface area contributed by atoms with Crippen molar-refractivity contribution in [3.8, 4) is 0 Å². The lowest BCUT2D eigenvalue weighted by Gasteiger charge is -2.14. The van der Waals surface area contributed by atoms with Crippen molar-refractivity contribution in [3.05, 3.63) is 45.7 Å². The third-order valence-electron chi connectivity index (χ3n) is 5.80. The maximum atomic E-state index is 13.1. The fraction of sp³-hybridized carbons (Fsp3) is 0.455. The number of carbonyl (C=O) groups is 1. The zero-order chi connectivity index (χ0) is 20.7. The third kappa shape index (κ3) is 3.63. The summed E-state index contributed by atoms with van der Waals surface area (Å²) in [6, 6.07) is 6.04. The van der Waals surface area contributed by atoms with Crippen molar-refractivity contribution in [2.45, 2.75) is 51.2 Å². The molecule has 2 atom stereocenters. The molecule has 5 rings (SSSR count). The first-order chi connectivity index (χ1) is 14.6. The molecule has 8 heteroatoms. The predicted octanol–water partition coefficient (Wildman–Crippen LogP) is 3.85. The van der Waals surface area contributed by atoms with Gasteiger partial charge in [0, 0.05) is 36.8 Å². The van der Waals surface area contributed by atoms with Crippen molar-refractivity contribution in [1.82, 2.24) is 19.7 Å². The van der Waals surface area contributed by atoms with Crippen molar-refractivity contribution >= 4 is 38.7 Å². The fourth-order valence-electron chi connectivity index (χ4n) is 4.39. The number of aromatic nitrogens is 4. The molecular weight excluding hydrogens is 446 g/mol. The standard InChI is InChI=1S/C22H24BrN5O2/c1-2-7-28-12-17-20(19-16-10-14(23)6-5-13(16)9-18(19)29)25-22(26-21(17)27-28)24-11-15-4-3-8-30-15/h5-6,10,12,15,19H,2-4,7-9,11H2,1H3,(H,24,26,27)/t15-,19?/m0/s1. The van der Waals surface area contributed by atoms with Gasteiger partial charge in [0.15, 0.2) is 11.4 Å². The van der Waals surface area contributed by atoms with Crippen LogP contribution in [-0.4, -0.2) is 44.8 Å². The topological polar surface area (TPSA) is 81.9 Å². The number of anilines is 1. The van der Waals surface area contributed by atoms with Crippen molar-refractivity contribution in [1.29, 1.82) is 0 Å². The van der Waals surface area contributed by atoms with Crippen LogP contribution in [0.4, 0.5) is 5.95 Å². The Morgan fingerprint density at radius 3 is 3.03 bits per heavy atom. The van der Waals surface area contributed by atoms with Crippen LogP contribution in [0.2, 0.25) is 0 Å². The maximum Gasteiger partial charge on any atom is 0.225 e. The Morgan fingerprint density at radius 2 is 2.23 bits per heavy atom. The van der Waals surface area contributed by atoms with Gasteiger partial charge in [-0.15, -0.1) is 0 Å². The number of benzene rings is 1. The van der Waals surface area contributed by atoms with Gasteiger partial charge >= 0.3 is 0 Å². The van der Waals surface area contributed by atoms with E-state index in [0.717, 1.165) is 59.1 Å². The van der Waals surface area contributed by atoms with Crippen LogP contribution in [0.15, 0.2) is 28.9 Å². The highest BCUT2D eigenvalue weighted by Gasteiger charge is 2.35. The van der Waals surface area contributed by atoms with Gasteiger partial charge in [-0.2, -0.15) is 10.1 Å². The van der Waals surface area contributed by atoms with Crippen LogP contribution < -0.4 is 5.32 Å². The van der Waals surface area contributed by atoms with E-state index in [2.05, 4.69) is 38.3 Å². The van der Waals surface area contributed by atoms with E-state index in [1.54, 1.807) is 0 Å². The second kappa shape index (κ2) is 8.07. The molecule has 1 aliphatic carbocycles. The summed E-state index contributed by atoms with van der Waals surface area (Å²) in [5, 5.41) is 8.81. The van der Waals surface area contributed by atoms with E-state index >= 15 is 0 Å². The van der Waals surface area contributed by atoms with Crippen LogP contribution in [0.3, 0.4) is 0 Å². The molecule has 1 aromatic carbocycles. The van der Waals surface area contributed by atoms with Gasteiger partial charge in [0.1, 0.15) is 0 Å². The van der Waals surface area contributed by atoms with Crippen molar-refractivity contribution < 1.29 is 9.53 Å². The average molecular weight is 470 g/mol. The van der Waals surface area contributed by atoms with E-state index in [0.29, 0.717) is 24.6 Å². The second-order valence-electron chi connectivity index (χ2n) is 8.00. The minimum atomic E-state index is -0.398. The van der Waals surface area contributed by atoms with Gasteiger partial charge in [0.25, 0.3) is 0 Å². The summed E-state index contributed by atoms with van der Waals surface area (Å²) in [6.07, 6.45) is 5.67. The third-order valence-corrected chi connectivity index (χ3v) is 6.29. The molecular formula is C22H24BrN5O2. The lowest BCUT2D eigenvalue weighted by molar-refractivity contribution is -0.118. The predicted molar refractivity (Wildman–Crippen MR) is 118 cm³/mol. The lowest BCUT2D eigenvalue weighted by atomic mass is 9.95. The number of ketones is 1. The summed E-state index contributed by atoms with van der Waals surface area (Å²) in [4.78, 5) is 22.5. The molecule has 2 aromatic heterocycles. The van der Waals surface area contributed by atoms with Crippen molar-refractivity contribution in [3.63, 3.8) is 0 Å². The Hall–Kier alpha value is -2.32. The van der Waals surface area contributed by atoms with Gasteiger partial charge < -0.3 is 10.1 Å². The summed E-state index contributed by atoms with van der Waals surface area (Å²) in [5.41, 5.74) is 3.44. The number of Topliss-reactive ketones (excluding diaryl/α,β-unsaturated/α-hetero) is 1. The van der Waals surface area contributed by atoms with E-state index in [4.69, 9.17) is 9.72 Å². The molecule has 2 aliphatic rings. The number of fused-ring (bicyclic) bond motifs is 2. The Morgan fingerprint density at radius 1 is 1.33 bits per heavy atom. The number of nitrogens with one attached hydrogen (secondary N) is 1. The average Bonchev–Trinajstić information content (AvgIpc) is 3.44. The highest BCUT2D eigenvalue weighted by molar-refractivity contribution is 9.10. The molecule has 0 amide bonds. The van der Waals surface area contributed by atoms with E-state index in [1.165, 1.54) is 0 Å². The Kier molecular flexibility index (Phi) is 5.28. The molecule has 0 saturated carbocycles. The summed E-state index contributed by atoms with van der Waals surface area (Å²) in [7, 11) is 0. The van der Waals surface area contributed by atoms with E-state index in [1.807, 2.05) is 29.1 Å². The summed E-state index contributed by atoms with van der Waals surface area (Å²) in [5.74, 6) is 0.271. The van der Waals surface area contributed by atoms with E-state index in [9.17, 15) is 4.79 Å².